The van der Waals surface area contributed by atoms with Crippen molar-refractivity contribution in [1.82, 2.24) is 15.0 Å². The first-order valence-electron chi connectivity index (χ1n) is 9.88. The predicted molar refractivity (Wildman–Crippen MR) is 122 cm³/mol. The summed E-state index contributed by atoms with van der Waals surface area (Å²) < 4.78 is 0. The monoisotopic (exact) mass is 385 g/mol. The van der Waals surface area contributed by atoms with E-state index in [0.29, 0.717) is 0 Å². The number of pyridine rings is 1. The van der Waals surface area contributed by atoms with Gasteiger partial charge in [0, 0.05) is 17.3 Å². The molecule has 5 rings (SSSR count). The zero-order valence-electron chi connectivity index (χ0n) is 16.3. The SMILES string of the molecule is c1ccc(-c2ccccc2-c2ncnc(-c3ccccc3)c2-c2ccccn2)cc1. The van der Waals surface area contributed by atoms with Crippen LogP contribution in [0.4, 0.5) is 0 Å². The lowest BCUT2D eigenvalue weighted by Crippen LogP contribution is -1.98. The summed E-state index contributed by atoms with van der Waals surface area (Å²) in [4.78, 5) is 14.1. The lowest BCUT2D eigenvalue weighted by molar-refractivity contribution is 1.17. The molecule has 0 aliphatic rings. The summed E-state index contributed by atoms with van der Waals surface area (Å²) >= 11 is 0. The fourth-order valence-electron chi connectivity index (χ4n) is 3.72. The fraction of sp³-hybridized carbons (Fsp3) is 0. The summed E-state index contributed by atoms with van der Waals surface area (Å²) in [5.41, 5.74) is 7.93. The van der Waals surface area contributed by atoms with Crippen LogP contribution in [0.5, 0.6) is 0 Å². The summed E-state index contributed by atoms with van der Waals surface area (Å²) in [6.07, 6.45) is 3.45. The third-order valence-corrected chi connectivity index (χ3v) is 5.08. The van der Waals surface area contributed by atoms with Crippen LogP contribution in [0.1, 0.15) is 0 Å². The third-order valence-electron chi connectivity index (χ3n) is 5.08. The number of aromatic nitrogens is 3. The quantitative estimate of drug-likeness (QED) is 0.352. The second kappa shape index (κ2) is 8.10. The number of nitrogens with zero attached hydrogens (tertiary/aromatic N) is 3. The molecule has 3 heteroatoms. The molecule has 0 aliphatic carbocycles. The highest BCUT2D eigenvalue weighted by Crippen LogP contribution is 2.39. The van der Waals surface area contributed by atoms with Gasteiger partial charge in [-0.25, -0.2) is 9.97 Å². The van der Waals surface area contributed by atoms with E-state index in [1.165, 1.54) is 0 Å². The van der Waals surface area contributed by atoms with Crippen LogP contribution < -0.4 is 0 Å². The van der Waals surface area contributed by atoms with Crippen LogP contribution in [0.15, 0.2) is 116 Å². The molecule has 0 saturated carbocycles. The number of hydrogen-bond donors (Lipinski definition) is 0. The average molecular weight is 385 g/mol. The average Bonchev–Trinajstić information content (AvgIpc) is 2.85. The van der Waals surface area contributed by atoms with Crippen LogP contribution in [-0.2, 0) is 0 Å². The summed E-state index contributed by atoms with van der Waals surface area (Å²) in [5.74, 6) is 0. The summed E-state index contributed by atoms with van der Waals surface area (Å²) in [6.45, 7) is 0. The van der Waals surface area contributed by atoms with Gasteiger partial charge in [0.15, 0.2) is 0 Å². The van der Waals surface area contributed by atoms with Crippen LogP contribution in [0, 0.1) is 0 Å². The van der Waals surface area contributed by atoms with Crippen molar-refractivity contribution in [2.75, 3.05) is 0 Å². The molecule has 0 saturated heterocycles. The first kappa shape index (κ1) is 18.0. The van der Waals surface area contributed by atoms with Crippen molar-refractivity contribution in [2.24, 2.45) is 0 Å². The molecule has 142 valence electrons. The van der Waals surface area contributed by atoms with Gasteiger partial charge in [-0.3, -0.25) is 4.98 Å². The van der Waals surface area contributed by atoms with E-state index in [1.54, 1.807) is 6.33 Å². The van der Waals surface area contributed by atoms with Crippen LogP contribution in [0.3, 0.4) is 0 Å². The maximum Gasteiger partial charge on any atom is 0.116 e. The Morgan fingerprint density at radius 1 is 0.433 bits per heavy atom. The normalized spacial score (nSPS) is 10.7. The van der Waals surface area contributed by atoms with E-state index in [2.05, 4.69) is 64.6 Å². The minimum Gasteiger partial charge on any atom is -0.256 e. The molecule has 0 radical (unpaired) electrons. The van der Waals surface area contributed by atoms with E-state index in [9.17, 15) is 0 Å². The molecule has 5 aromatic rings. The summed E-state index contributed by atoms with van der Waals surface area (Å²) in [7, 11) is 0. The van der Waals surface area contributed by atoms with Crippen LogP contribution >= 0.6 is 0 Å². The Morgan fingerprint density at radius 3 is 1.73 bits per heavy atom. The van der Waals surface area contributed by atoms with Crippen LogP contribution in [-0.4, -0.2) is 15.0 Å². The Bertz CT molecular complexity index is 1270. The first-order valence-corrected chi connectivity index (χ1v) is 9.88. The van der Waals surface area contributed by atoms with Crippen molar-refractivity contribution < 1.29 is 0 Å². The zero-order valence-corrected chi connectivity index (χ0v) is 16.3. The molecule has 0 amide bonds. The van der Waals surface area contributed by atoms with Gasteiger partial charge in [0.2, 0.25) is 0 Å². The standard InChI is InChI=1S/C27H19N3/c1-3-11-20(12-4-1)22-15-7-8-16-23(22)27-25(24-17-9-10-18-28-24)26(29-19-30-27)21-13-5-2-6-14-21/h1-19H. The second-order valence-corrected chi connectivity index (χ2v) is 6.94. The van der Waals surface area contributed by atoms with Gasteiger partial charge in [-0.05, 0) is 23.3 Å². The van der Waals surface area contributed by atoms with Crippen molar-refractivity contribution in [3.8, 4) is 44.9 Å². The van der Waals surface area contributed by atoms with E-state index in [1.807, 2.05) is 54.7 Å². The minimum absolute atomic E-state index is 0.856. The van der Waals surface area contributed by atoms with E-state index in [4.69, 9.17) is 4.98 Å². The molecule has 0 unspecified atom stereocenters. The molecular weight excluding hydrogens is 366 g/mol. The van der Waals surface area contributed by atoms with Gasteiger partial charge in [-0.1, -0.05) is 91.0 Å². The highest BCUT2D eigenvalue weighted by molar-refractivity contribution is 5.94. The molecule has 0 spiro atoms. The molecule has 0 aliphatic heterocycles. The number of rotatable bonds is 4. The van der Waals surface area contributed by atoms with Gasteiger partial charge >= 0.3 is 0 Å². The topological polar surface area (TPSA) is 38.7 Å². The molecule has 0 atom stereocenters. The molecule has 2 heterocycles. The first-order chi connectivity index (χ1) is 14.9. The lowest BCUT2D eigenvalue weighted by atomic mass is 9.92. The zero-order chi connectivity index (χ0) is 20.2. The summed E-state index contributed by atoms with van der Waals surface area (Å²) in [5, 5.41) is 0. The van der Waals surface area contributed by atoms with Crippen molar-refractivity contribution in [2.45, 2.75) is 0 Å². The second-order valence-electron chi connectivity index (χ2n) is 6.94. The van der Waals surface area contributed by atoms with Gasteiger partial charge in [-0.2, -0.15) is 0 Å². The minimum atomic E-state index is 0.856. The maximum atomic E-state index is 4.75. The third kappa shape index (κ3) is 3.38. The smallest absolute Gasteiger partial charge is 0.116 e. The van der Waals surface area contributed by atoms with Crippen molar-refractivity contribution in [3.63, 3.8) is 0 Å². The molecule has 0 N–H and O–H groups in total. The molecular formula is C27H19N3. The number of benzene rings is 3. The van der Waals surface area contributed by atoms with E-state index >= 15 is 0 Å². The Kier molecular flexibility index (Phi) is 4.84. The Hall–Kier alpha value is -4.11. The Labute approximate surface area is 175 Å². The molecule has 3 aromatic carbocycles. The van der Waals surface area contributed by atoms with E-state index < -0.39 is 0 Å². The van der Waals surface area contributed by atoms with Crippen molar-refractivity contribution in [1.29, 1.82) is 0 Å². The number of hydrogen-bond acceptors (Lipinski definition) is 3. The van der Waals surface area contributed by atoms with Gasteiger partial charge in [-0.15, -0.1) is 0 Å². The molecule has 0 bridgehead atoms. The largest absolute Gasteiger partial charge is 0.256 e. The highest BCUT2D eigenvalue weighted by atomic mass is 14.9. The highest BCUT2D eigenvalue weighted by Gasteiger charge is 2.19. The van der Waals surface area contributed by atoms with E-state index in [0.717, 1.165) is 44.9 Å². The van der Waals surface area contributed by atoms with Gasteiger partial charge < -0.3 is 0 Å². The van der Waals surface area contributed by atoms with Crippen molar-refractivity contribution >= 4 is 0 Å². The van der Waals surface area contributed by atoms with E-state index in [-0.39, 0.29) is 0 Å². The Balaban J connectivity index is 1.81. The maximum absolute atomic E-state index is 4.75. The molecule has 2 aromatic heterocycles. The van der Waals surface area contributed by atoms with Gasteiger partial charge in [0.25, 0.3) is 0 Å². The van der Waals surface area contributed by atoms with Crippen LogP contribution in [0.2, 0.25) is 0 Å². The Morgan fingerprint density at radius 2 is 1.03 bits per heavy atom. The van der Waals surface area contributed by atoms with Crippen molar-refractivity contribution in [3.05, 3.63) is 116 Å². The van der Waals surface area contributed by atoms with Gasteiger partial charge in [0.1, 0.15) is 6.33 Å². The van der Waals surface area contributed by atoms with Crippen LogP contribution in [0.25, 0.3) is 44.9 Å². The predicted octanol–water partition coefficient (Wildman–Crippen LogP) is 6.54. The molecule has 30 heavy (non-hydrogen) atoms. The molecule has 3 nitrogen and oxygen atoms in total. The lowest BCUT2D eigenvalue weighted by Gasteiger charge is -2.16. The fourth-order valence-corrected chi connectivity index (χ4v) is 3.72. The van der Waals surface area contributed by atoms with Gasteiger partial charge in [0.05, 0.1) is 22.6 Å². The summed E-state index contributed by atoms with van der Waals surface area (Å²) in [6, 6.07) is 34.9. The molecule has 0 fully saturated rings.